The third kappa shape index (κ3) is 4.64. The van der Waals surface area contributed by atoms with Crippen LogP contribution in [0.4, 0.5) is 13.2 Å². The highest BCUT2D eigenvalue weighted by Crippen LogP contribution is 2.67. The number of Topliss-reactive ketones (excluding diaryl/α,β-unsaturated/α-hetero) is 1. The van der Waals surface area contributed by atoms with Crippen molar-refractivity contribution >= 4 is 29.3 Å². The fourth-order valence-corrected chi connectivity index (χ4v) is 8.64. The van der Waals surface area contributed by atoms with Crippen LogP contribution >= 0.6 is 11.6 Å². The predicted molar refractivity (Wildman–Crippen MR) is 150 cm³/mol. The summed E-state index contributed by atoms with van der Waals surface area (Å²) in [4.78, 5) is 41.0. The molecular formula is C31H35ClF3N3O5. The lowest BCUT2D eigenvalue weighted by Crippen LogP contribution is -2.52. The molecule has 1 aromatic heterocycles. The number of carbonyl (C=O) groups is 3. The maximum absolute atomic E-state index is 14.8. The molecule has 5 fully saturated rings. The van der Waals surface area contributed by atoms with Gasteiger partial charge in [-0.05, 0) is 80.8 Å². The molecule has 43 heavy (non-hydrogen) atoms. The number of ether oxygens (including phenoxy) is 1. The number of aromatic nitrogens is 2. The molecule has 5 saturated carbocycles. The zero-order chi connectivity index (χ0) is 31.1. The summed E-state index contributed by atoms with van der Waals surface area (Å²) < 4.78 is 50.8. The van der Waals surface area contributed by atoms with E-state index in [2.05, 4.69) is 18.9 Å². The van der Waals surface area contributed by atoms with Gasteiger partial charge in [-0.15, -0.1) is 0 Å². The quantitative estimate of drug-likeness (QED) is 0.340. The SMILES string of the molecule is COc1cccc(Cl)c1C(=O)CN(C(=O)c1cnn(C23CCC(C(=O)O)(CC2)CC3)c1C(F)(F)F)C1C[C@@H]2[C@H](C1)C2(C)C. The number of rotatable bonds is 8. The second-order valence-electron chi connectivity index (χ2n) is 13.5. The Kier molecular flexibility index (Phi) is 6.95. The molecule has 1 unspecified atom stereocenters. The largest absolute Gasteiger partial charge is 0.496 e. The molecule has 1 N–H and O–H groups in total. The monoisotopic (exact) mass is 621 g/mol. The lowest BCUT2D eigenvalue weighted by molar-refractivity contribution is -0.163. The van der Waals surface area contributed by atoms with Crippen molar-refractivity contribution in [2.45, 2.75) is 83.0 Å². The molecule has 0 aliphatic heterocycles. The van der Waals surface area contributed by atoms with Gasteiger partial charge in [-0.25, -0.2) is 0 Å². The predicted octanol–water partition coefficient (Wildman–Crippen LogP) is 6.46. The van der Waals surface area contributed by atoms with E-state index in [9.17, 15) is 32.7 Å². The van der Waals surface area contributed by atoms with Crippen LogP contribution in [0.3, 0.4) is 0 Å². The first-order valence-electron chi connectivity index (χ1n) is 14.7. The van der Waals surface area contributed by atoms with Gasteiger partial charge in [-0.2, -0.15) is 18.3 Å². The van der Waals surface area contributed by atoms with Crippen molar-refractivity contribution in [1.29, 1.82) is 0 Å². The number of aliphatic carboxylic acids is 1. The topological polar surface area (TPSA) is 102 Å². The zero-order valence-electron chi connectivity index (χ0n) is 24.3. The fraction of sp³-hybridized carbons (Fsp3) is 0.613. The van der Waals surface area contributed by atoms with E-state index in [1.54, 1.807) is 12.1 Å². The number of carboxylic acids is 1. The number of halogens is 4. The Morgan fingerprint density at radius 3 is 2.23 bits per heavy atom. The Hall–Kier alpha value is -3.08. The van der Waals surface area contributed by atoms with Crippen LogP contribution in [0, 0.1) is 22.7 Å². The van der Waals surface area contributed by atoms with Gasteiger partial charge in [0.05, 0.1) is 47.0 Å². The number of hydrogen-bond acceptors (Lipinski definition) is 5. The summed E-state index contributed by atoms with van der Waals surface area (Å²) in [7, 11) is 1.39. The standard InChI is InChI=1S/C31H35ClF3N3O5/c1-28(2)19-13-17(14-20(19)28)37(16-22(39)24-21(32)5-4-6-23(24)43-3)26(40)18-15-36-38(25(18)31(33,34)35)30-10-7-29(8-11-30,9-12-30)27(41)42/h4-6,15,17,19-20H,7-14,16H2,1-3H3,(H,41,42)/t17?,19-,20+,29?,30?. The lowest BCUT2D eigenvalue weighted by atomic mass is 9.57. The summed E-state index contributed by atoms with van der Waals surface area (Å²) >= 11 is 6.35. The minimum Gasteiger partial charge on any atom is -0.496 e. The molecule has 1 heterocycles. The number of amides is 1. The summed E-state index contributed by atoms with van der Waals surface area (Å²) in [5, 5.41) is 14.1. The van der Waals surface area contributed by atoms with E-state index in [1.807, 2.05) is 0 Å². The van der Waals surface area contributed by atoms with Crippen molar-refractivity contribution in [2.75, 3.05) is 13.7 Å². The molecule has 0 spiro atoms. The Morgan fingerprint density at radius 2 is 1.70 bits per heavy atom. The first-order valence-corrected chi connectivity index (χ1v) is 15.1. The summed E-state index contributed by atoms with van der Waals surface area (Å²) in [5.74, 6) is -1.48. The number of carbonyl (C=O) groups excluding carboxylic acids is 2. The van der Waals surface area contributed by atoms with Crippen LogP contribution in [0.2, 0.25) is 5.02 Å². The summed E-state index contributed by atoms with van der Waals surface area (Å²) in [6, 6.07) is 4.29. The van der Waals surface area contributed by atoms with Crippen LogP contribution in [0.25, 0.3) is 0 Å². The van der Waals surface area contributed by atoms with Gasteiger partial charge in [-0.3, -0.25) is 19.1 Å². The van der Waals surface area contributed by atoms with Gasteiger partial charge in [0.15, 0.2) is 11.5 Å². The molecule has 3 atom stereocenters. The molecule has 2 bridgehead atoms. The van der Waals surface area contributed by atoms with Crippen LogP contribution in [0.5, 0.6) is 5.75 Å². The molecule has 1 aromatic carbocycles. The number of carboxylic acid groups (broad SMARTS) is 1. The minimum absolute atomic E-state index is 0.0740. The van der Waals surface area contributed by atoms with E-state index in [4.69, 9.17) is 16.3 Å². The van der Waals surface area contributed by atoms with Crippen LogP contribution < -0.4 is 4.74 Å². The van der Waals surface area contributed by atoms with Crippen molar-refractivity contribution < 1.29 is 37.4 Å². The third-order valence-electron chi connectivity index (χ3n) is 11.2. The van der Waals surface area contributed by atoms with Gasteiger partial charge in [0.1, 0.15) is 5.75 Å². The fourth-order valence-electron chi connectivity index (χ4n) is 8.37. The Morgan fingerprint density at radius 1 is 1.09 bits per heavy atom. The second kappa shape index (κ2) is 9.97. The number of hydrogen-bond donors (Lipinski definition) is 1. The van der Waals surface area contributed by atoms with Crippen LogP contribution in [-0.4, -0.2) is 57.1 Å². The number of fused-ring (bicyclic) bond motifs is 4. The van der Waals surface area contributed by atoms with Gasteiger partial charge in [-0.1, -0.05) is 31.5 Å². The Labute approximate surface area is 252 Å². The van der Waals surface area contributed by atoms with E-state index in [0.717, 1.165) is 10.9 Å². The molecule has 8 nitrogen and oxygen atoms in total. The third-order valence-corrected chi connectivity index (χ3v) is 11.5. The second-order valence-corrected chi connectivity index (χ2v) is 13.9. The van der Waals surface area contributed by atoms with E-state index >= 15 is 0 Å². The number of nitrogens with zero attached hydrogens (tertiary/aromatic N) is 3. The van der Waals surface area contributed by atoms with Gasteiger partial charge >= 0.3 is 12.1 Å². The van der Waals surface area contributed by atoms with Crippen molar-refractivity contribution in [1.82, 2.24) is 14.7 Å². The first kappa shape index (κ1) is 30.0. The summed E-state index contributed by atoms with van der Waals surface area (Å²) in [6.07, 6.45) is -1.30. The first-order chi connectivity index (χ1) is 20.1. The average Bonchev–Trinajstić information content (AvgIpc) is 3.41. The van der Waals surface area contributed by atoms with Crippen molar-refractivity contribution in [3.8, 4) is 5.75 Å². The van der Waals surface area contributed by atoms with E-state index in [1.165, 1.54) is 18.1 Å². The molecule has 1 amide bonds. The van der Waals surface area contributed by atoms with Crippen molar-refractivity contribution in [3.63, 3.8) is 0 Å². The summed E-state index contributed by atoms with van der Waals surface area (Å²) in [6.45, 7) is 3.82. The zero-order valence-corrected chi connectivity index (χ0v) is 25.1. The number of alkyl halides is 3. The van der Waals surface area contributed by atoms with Crippen molar-refractivity contribution in [3.05, 3.63) is 46.2 Å². The molecule has 12 heteroatoms. The highest BCUT2D eigenvalue weighted by atomic mass is 35.5. The molecule has 5 aliphatic carbocycles. The Bertz CT molecular complexity index is 1460. The summed E-state index contributed by atoms with van der Waals surface area (Å²) in [5.41, 5.74) is -3.51. The van der Waals surface area contributed by atoms with Crippen LogP contribution in [0.15, 0.2) is 24.4 Å². The number of ketones is 1. The minimum atomic E-state index is -4.91. The molecule has 5 aliphatic rings. The molecule has 7 rings (SSSR count). The van der Waals surface area contributed by atoms with E-state index < -0.39 is 58.6 Å². The molecular weight excluding hydrogens is 587 g/mol. The number of methoxy groups -OCH3 is 1. The van der Waals surface area contributed by atoms with Crippen molar-refractivity contribution in [2.24, 2.45) is 22.7 Å². The molecule has 0 saturated heterocycles. The maximum atomic E-state index is 14.8. The smallest absolute Gasteiger partial charge is 0.433 e. The van der Waals surface area contributed by atoms with Gasteiger partial charge in [0, 0.05) is 6.04 Å². The van der Waals surface area contributed by atoms with Gasteiger partial charge in [0.25, 0.3) is 5.91 Å². The van der Waals surface area contributed by atoms with Crippen LogP contribution in [0.1, 0.15) is 91.6 Å². The molecule has 0 radical (unpaired) electrons. The maximum Gasteiger partial charge on any atom is 0.433 e. The number of benzene rings is 1. The average molecular weight is 622 g/mol. The lowest BCUT2D eigenvalue weighted by Gasteiger charge is -2.51. The van der Waals surface area contributed by atoms with E-state index in [-0.39, 0.29) is 60.3 Å². The van der Waals surface area contributed by atoms with Gasteiger partial charge < -0.3 is 14.7 Å². The van der Waals surface area contributed by atoms with Crippen LogP contribution in [-0.2, 0) is 16.5 Å². The Balaban J connectivity index is 1.37. The van der Waals surface area contributed by atoms with E-state index in [0.29, 0.717) is 24.7 Å². The molecule has 232 valence electrons. The molecule has 2 aromatic rings. The highest BCUT2D eigenvalue weighted by Gasteiger charge is 2.63. The van der Waals surface area contributed by atoms with Gasteiger partial charge in [0.2, 0.25) is 0 Å². The highest BCUT2D eigenvalue weighted by molar-refractivity contribution is 6.34. The normalized spacial score (nSPS) is 30.5.